The lowest BCUT2D eigenvalue weighted by Gasteiger charge is -2.46. The number of pyridine rings is 2. The van der Waals surface area contributed by atoms with Crippen LogP contribution in [0.3, 0.4) is 0 Å². The number of thiophene rings is 1. The van der Waals surface area contributed by atoms with Gasteiger partial charge >= 0.3 is 0 Å². The molecule has 0 bridgehead atoms. The van der Waals surface area contributed by atoms with Gasteiger partial charge in [0.05, 0.1) is 39.4 Å². The minimum absolute atomic E-state index is 0.00704. The summed E-state index contributed by atoms with van der Waals surface area (Å²) in [7, 11) is -2.37. The maximum Gasteiger partial charge on any atom is 0.267 e. The molecule has 0 spiro atoms. The van der Waals surface area contributed by atoms with Crippen LogP contribution in [-0.4, -0.2) is 88.4 Å². The second-order valence-electron chi connectivity index (χ2n) is 14.2. The predicted molar refractivity (Wildman–Crippen MR) is 213 cm³/mol. The number of likely N-dealkylation sites (tertiary alicyclic amines) is 1. The molecule has 5 heterocycles. The van der Waals surface area contributed by atoms with Crippen molar-refractivity contribution in [1.82, 2.24) is 29.1 Å². The summed E-state index contributed by atoms with van der Waals surface area (Å²) in [6, 6.07) is 8.86. The van der Waals surface area contributed by atoms with Crippen LogP contribution in [0.1, 0.15) is 59.9 Å². The largest absolute Gasteiger partial charge is 0.355 e. The Balaban J connectivity index is 1.16. The van der Waals surface area contributed by atoms with Crippen LogP contribution in [0.2, 0.25) is 5.02 Å². The third-order valence-electron chi connectivity index (χ3n) is 10.3. The van der Waals surface area contributed by atoms with Crippen LogP contribution in [0.15, 0.2) is 46.8 Å². The number of ketones is 1. The first-order valence-electron chi connectivity index (χ1n) is 17.9. The summed E-state index contributed by atoms with van der Waals surface area (Å²) in [6.07, 6.45) is 4.12. The van der Waals surface area contributed by atoms with E-state index in [1.807, 2.05) is 16.7 Å². The number of hydrogen-bond donors (Lipinski definition) is 1. The fourth-order valence-electron chi connectivity index (χ4n) is 7.44. The second-order valence-corrected chi connectivity index (χ2v) is 17.3. The number of nitrogens with one attached hydrogen (secondary N) is 1. The van der Waals surface area contributed by atoms with Crippen LogP contribution in [0.4, 0.5) is 14.6 Å². The molecule has 1 N–H and O–H groups in total. The predicted octanol–water partition coefficient (Wildman–Crippen LogP) is 5.30. The van der Waals surface area contributed by atoms with Crippen molar-refractivity contribution in [1.29, 1.82) is 5.26 Å². The number of carbonyl (C=O) groups excluding carboxylic acids is 2. The van der Waals surface area contributed by atoms with E-state index >= 15 is 0 Å². The van der Waals surface area contributed by atoms with Crippen LogP contribution in [0, 0.1) is 30.1 Å². The number of alkyl halides is 2. The molecule has 1 aliphatic carbocycles. The number of carbonyl (C=O) groups is 2. The van der Waals surface area contributed by atoms with Gasteiger partial charge in [-0.05, 0) is 51.0 Å². The first-order valence-corrected chi connectivity index (χ1v) is 20.8. The summed E-state index contributed by atoms with van der Waals surface area (Å²) in [4.78, 5) is 55.9. The average Bonchev–Trinajstić information content (AvgIpc) is 3.59. The molecule has 1 saturated carbocycles. The van der Waals surface area contributed by atoms with E-state index in [1.54, 1.807) is 31.2 Å². The molecule has 57 heavy (non-hydrogen) atoms. The van der Waals surface area contributed by atoms with Gasteiger partial charge in [0.2, 0.25) is 10.0 Å². The lowest BCUT2D eigenvalue weighted by molar-refractivity contribution is -0.127. The average molecular weight is 833 g/mol. The second kappa shape index (κ2) is 15.5. The van der Waals surface area contributed by atoms with E-state index in [9.17, 15) is 36.8 Å². The summed E-state index contributed by atoms with van der Waals surface area (Å²) in [5.41, 5.74) is 1.94. The molecule has 0 unspecified atom stereocenters. The van der Waals surface area contributed by atoms with E-state index in [0.29, 0.717) is 64.0 Å². The van der Waals surface area contributed by atoms with Crippen molar-refractivity contribution < 1.29 is 26.8 Å². The molecule has 2 fully saturated rings. The van der Waals surface area contributed by atoms with E-state index in [1.165, 1.54) is 33.7 Å². The molecule has 2 aliphatic rings. The number of Topliss-reactive ketones (excluding diaryl/α,β-unsaturated/α-hetero) is 1. The van der Waals surface area contributed by atoms with Crippen molar-refractivity contribution >= 4 is 71.6 Å². The number of piperidine rings is 1. The summed E-state index contributed by atoms with van der Waals surface area (Å²) in [6.45, 7) is 4.01. The van der Waals surface area contributed by atoms with E-state index in [0.717, 1.165) is 6.92 Å². The Bertz CT molecular complexity index is 2740. The Hall–Kier alpha value is -5.33. The number of sulfonamides is 1. The van der Waals surface area contributed by atoms with Gasteiger partial charge in [0.1, 0.15) is 34.8 Å². The maximum atomic E-state index is 14.1. The Morgan fingerprint density at radius 3 is 2.58 bits per heavy atom. The van der Waals surface area contributed by atoms with E-state index < -0.39 is 38.9 Å². The molecule has 0 radical (unpaired) electrons. The van der Waals surface area contributed by atoms with Gasteiger partial charge in [-0.3, -0.25) is 28.8 Å². The number of anilines is 1. The van der Waals surface area contributed by atoms with Crippen molar-refractivity contribution in [2.45, 2.75) is 64.1 Å². The number of halogens is 3. The van der Waals surface area contributed by atoms with E-state index in [4.69, 9.17) is 11.6 Å². The van der Waals surface area contributed by atoms with Gasteiger partial charge in [0.25, 0.3) is 17.4 Å². The minimum Gasteiger partial charge on any atom is -0.355 e. The molecule has 1 amide bonds. The number of fused-ring (bicyclic) bond motifs is 2. The van der Waals surface area contributed by atoms with Gasteiger partial charge in [0.15, 0.2) is 0 Å². The molecule has 18 heteroatoms. The minimum atomic E-state index is -4.20. The van der Waals surface area contributed by atoms with Crippen LogP contribution in [0.25, 0.3) is 32.2 Å². The quantitative estimate of drug-likeness (QED) is 0.191. The van der Waals surface area contributed by atoms with Crippen LogP contribution in [0.5, 0.6) is 0 Å². The number of nitrogens with zero attached hydrogens (tertiary/aromatic N) is 7. The Morgan fingerprint density at radius 1 is 1.16 bits per heavy atom. The third-order valence-corrected chi connectivity index (χ3v) is 12.8. The molecule has 0 atom stereocenters. The molecule has 294 valence electrons. The highest BCUT2D eigenvalue weighted by Crippen LogP contribution is 2.42. The van der Waals surface area contributed by atoms with Gasteiger partial charge in [-0.25, -0.2) is 31.9 Å². The molecule has 1 aliphatic heterocycles. The standard InChI is InChI=1S/C39H35ClF2N8O5S2/c1-22(51)21-57(54,55)47-37(52)31-20-56-35-28(8-11-44-34(31)35)29-15-25(40)7-6-24(29)5-4-12-50-23(2)46-32-19-45-36(30(18-43)33(32)38(50)53)48(3)26-9-13-49(14-10-26)27-16-39(41,42)17-27/h6-8,11,15,19-20,26-27H,9-10,12-14,16-17,21H2,1-3H3,(H,47,52). The highest BCUT2D eigenvalue weighted by Gasteiger charge is 2.48. The highest BCUT2D eigenvalue weighted by atomic mass is 35.5. The lowest BCUT2D eigenvalue weighted by Crippen LogP contribution is -2.55. The van der Waals surface area contributed by atoms with Crippen molar-refractivity contribution in [2.75, 3.05) is 30.8 Å². The number of hydrogen-bond acceptors (Lipinski definition) is 12. The van der Waals surface area contributed by atoms with Gasteiger partial charge in [-0.15, -0.1) is 11.3 Å². The Morgan fingerprint density at radius 2 is 1.89 bits per heavy atom. The van der Waals surface area contributed by atoms with Gasteiger partial charge < -0.3 is 4.90 Å². The molecule has 4 aromatic heterocycles. The molecule has 1 saturated heterocycles. The monoisotopic (exact) mass is 832 g/mol. The highest BCUT2D eigenvalue weighted by molar-refractivity contribution is 7.90. The molecule has 1 aromatic carbocycles. The molecule has 5 aromatic rings. The molecular formula is C39H35ClF2N8O5S2. The fourth-order valence-corrected chi connectivity index (χ4v) is 9.64. The zero-order valence-corrected chi connectivity index (χ0v) is 33.4. The summed E-state index contributed by atoms with van der Waals surface area (Å²) >= 11 is 7.60. The Labute approximate surface area is 335 Å². The smallest absolute Gasteiger partial charge is 0.267 e. The Kier molecular flexibility index (Phi) is 10.9. The zero-order chi connectivity index (χ0) is 40.8. The number of aromatic nitrogens is 4. The SMILES string of the molecule is CC(=O)CS(=O)(=O)NC(=O)c1csc2c(-c3cc(Cl)ccc3C#CCn3c(C)nc4cnc(N(C)C5CCN(C6CC(F)(F)C6)CC5)c(C#N)c4c3=O)ccnc12. The van der Waals surface area contributed by atoms with Crippen molar-refractivity contribution in [2.24, 2.45) is 0 Å². The molecule has 13 nitrogen and oxygen atoms in total. The van der Waals surface area contributed by atoms with E-state index in [-0.39, 0.29) is 59.0 Å². The van der Waals surface area contributed by atoms with Crippen molar-refractivity contribution in [3.63, 3.8) is 0 Å². The summed E-state index contributed by atoms with van der Waals surface area (Å²) < 4.78 is 55.4. The van der Waals surface area contributed by atoms with Gasteiger partial charge in [-0.1, -0.05) is 23.4 Å². The van der Waals surface area contributed by atoms with E-state index in [2.05, 4.69) is 37.8 Å². The number of aryl methyl sites for hydroxylation is 1. The number of benzene rings is 1. The third kappa shape index (κ3) is 8.11. The normalized spacial score (nSPS) is 16.1. The number of nitriles is 1. The first kappa shape index (κ1) is 39.9. The van der Waals surface area contributed by atoms with Crippen LogP contribution < -0.4 is 15.2 Å². The summed E-state index contributed by atoms with van der Waals surface area (Å²) in [5, 5.41) is 12.4. The van der Waals surface area contributed by atoms with Crippen LogP contribution >= 0.6 is 22.9 Å². The van der Waals surface area contributed by atoms with Gasteiger partial charge in [0, 0.05) is 78.4 Å². The van der Waals surface area contributed by atoms with Gasteiger partial charge in [-0.2, -0.15) is 5.26 Å². The number of amides is 1. The van der Waals surface area contributed by atoms with Crippen LogP contribution in [-0.2, 0) is 21.4 Å². The maximum absolute atomic E-state index is 14.1. The lowest BCUT2D eigenvalue weighted by atomic mass is 9.85. The van der Waals surface area contributed by atoms with Crippen molar-refractivity contribution in [3.8, 4) is 29.0 Å². The summed E-state index contributed by atoms with van der Waals surface area (Å²) in [5.74, 6) is 1.94. The molecular weight excluding hydrogens is 798 g/mol. The van der Waals surface area contributed by atoms with Crippen molar-refractivity contribution in [3.05, 3.63) is 79.9 Å². The number of rotatable bonds is 9. The first-order chi connectivity index (χ1) is 27.1. The topological polar surface area (TPSA) is 171 Å². The zero-order valence-electron chi connectivity index (χ0n) is 31.0. The fraction of sp³-hybridized carbons (Fsp3) is 0.359. The molecule has 7 rings (SSSR count).